The van der Waals surface area contributed by atoms with Gasteiger partial charge in [0.05, 0.1) is 16.9 Å². The number of hydrogen-bond donors (Lipinski definition) is 1. The van der Waals surface area contributed by atoms with Gasteiger partial charge in [0, 0.05) is 65.8 Å². The molecule has 19 heteroatoms. The highest BCUT2D eigenvalue weighted by Crippen LogP contribution is 2.68. The molecule has 2 aliphatic heterocycles. The van der Waals surface area contributed by atoms with Gasteiger partial charge in [-0.15, -0.1) is 0 Å². The maximum absolute atomic E-state index is 15.5. The van der Waals surface area contributed by atoms with Crippen LogP contribution in [0.1, 0.15) is 76.6 Å². The smallest absolute Gasteiger partial charge is 0.418 e. The average molecular weight is 1070 g/mol. The van der Waals surface area contributed by atoms with Crippen LogP contribution in [-0.2, 0) is 30.1 Å². The quantitative estimate of drug-likeness (QED) is 0.0774. The fraction of sp³-hybridized carbons (Fsp3) is 0.543. The molecule has 65 heavy (non-hydrogen) atoms. The van der Waals surface area contributed by atoms with Crippen molar-refractivity contribution in [2.45, 2.75) is 106 Å². The molecule has 2 aromatic carbocycles. The van der Waals surface area contributed by atoms with Gasteiger partial charge in [0.2, 0.25) is 11.8 Å². The lowest BCUT2D eigenvalue weighted by Gasteiger charge is -2.38. The summed E-state index contributed by atoms with van der Waals surface area (Å²) in [7, 11) is 5.36. The van der Waals surface area contributed by atoms with Crippen molar-refractivity contribution in [1.82, 2.24) is 14.7 Å². The number of carbonyl (C=O) groups is 3. The van der Waals surface area contributed by atoms with Crippen molar-refractivity contribution in [1.29, 1.82) is 0 Å². The lowest BCUT2D eigenvalue weighted by Crippen LogP contribution is -2.48. The fourth-order valence-electron chi connectivity index (χ4n) is 8.36. The lowest BCUT2D eigenvalue weighted by atomic mass is 9.84. The summed E-state index contributed by atoms with van der Waals surface area (Å²) >= 11 is 4.02. The Morgan fingerprint density at radius 1 is 0.862 bits per heavy atom. The van der Waals surface area contributed by atoms with Crippen LogP contribution in [0.15, 0.2) is 56.0 Å². The van der Waals surface area contributed by atoms with Gasteiger partial charge in [-0.2, -0.15) is 4.39 Å². The number of nitrogens with zero attached hydrogens (tertiary/aromatic N) is 5. The van der Waals surface area contributed by atoms with Crippen LogP contribution in [0.2, 0.25) is 25.7 Å². The Labute approximate surface area is 403 Å². The number of nitrogens with two attached hydrogens (primary N) is 1. The molecule has 4 aliphatic rings. The molecule has 2 fully saturated rings. The average Bonchev–Trinajstić information content (AvgIpc) is 4.09. The molecule has 0 spiro atoms. The summed E-state index contributed by atoms with van der Waals surface area (Å²) in [6.45, 7) is 17.2. The van der Waals surface area contributed by atoms with Crippen LogP contribution in [-0.4, -0.2) is 108 Å². The van der Waals surface area contributed by atoms with E-state index in [1.165, 1.54) is 81.6 Å². The topological polar surface area (TPSA) is 130 Å². The van der Waals surface area contributed by atoms with E-state index in [1.807, 2.05) is 0 Å². The number of fused-ring (bicyclic) bond motifs is 2. The van der Waals surface area contributed by atoms with Gasteiger partial charge in [0.1, 0.15) is 33.5 Å². The minimum atomic E-state index is -1.39. The van der Waals surface area contributed by atoms with Gasteiger partial charge in [0.25, 0.3) is 0 Å². The molecule has 0 unspecified atom stereocenters. The van der Waals surface area contributed by atoms with Crippen molar-refractivity contribution in [2.24, 2.45) is 27.6 Å². The fourth-order valence-corrected chi connectivity index (χ4v) is 12.7. The standard InChI is InChI=1S/C29H43F2N3O4SSi.C17H18F2IN3OS/c1-19(30)15-20-11-12-22(31)21(16-20)28(5)23-17-29(23,24(35)33(6)7)39-25(32-28)34(26(36)38-27(2,3)4)18-37-13-14-40(8,9)10;1-16(10-6-9(7-13(19)20)4-5-11(10)18)12-8-17(12,14(24)23(2)3)25-15(21)22-16/h11-12,15-16,23H,13-14,17-18H2,1-10H3;4-7,12H,8H2,1-3H3,(H2,21,22)/b19-15-;13-7+/t23-,28+,29-;12-,16+,17-/m00/s1. The SMILES string of the molecule is C/C(F)=C/c1ccc(F)c([C@@]2(C)N=C(N(COCC[Si](C)(C)C)C(=O)OC(C)(C)C)S[C@@]3(C(=O)N(C)C)C[C@H]32)c1.CN(C)C(=O)[C@]12C[C@H]1[C@@](C)(c1cc(/C=C(\F)I)ccc1F)N=C(N)S2. The zero-order valence-electron chi connectivity index (χ0n) is 39.4. The second-order valence-corrected chi connectivity index (χ2v) is 29.2. The van der Waals surface area contributed by atoms with Crippen LogP contribution in [0.25, 0.3) is 12.2 Å². The summed E-state index contributed by atoms with van der Waals surface area (Å²) in [5.41, 5.74) is 4.65. The predicted octanol–water partition coefficient (Wildman–Crippen LogP) is 10.5. The number of aliphatic imine (C=N–C) groups is 2. The third kappa shape index (κ3) is 11.7. The molecule has 6 atom stereocenters. The second-order valence-electron chi connectivity index (χ2n) is 19.9. The number of amides is 3. The number of halogens is 5. The third-order valence-corrected chi connectivity index (χ3v) is 16.5. The van der Waals surface area contributed by atoms with Crippen molar-refractivity contribution < 1.29 is 41.4 Å². The number of ether oxygens (including phenoxy) is 2. The predicted molar refractivity (Wildman–Crippen MR) is 266 cm³/mol. The Balaban J connectivity index is 0.000000271. The zero-order chi connectivity index (χ0) is 48.8. The molecule has 0 saturated heterocycles. The summed E-state index contributed by atoms with van der Waals surface area (Å²) in [6, 6.07) is 9.66. The van der Waals surface area contributed by atoms with Crippen molar-refractivity contribution in [2.75, 3.05) is 41.5 Å². The Morgan fingerprint density at radius 2 is 1.34 bits per heavy atom. The molecular formula is C46H61F4IN6O5S2Si. The molecule has 356 valence electrons. The molecule has 2 N–H and O–H groups in total. The Hall–Kier alpha value is -3.40. The van der Waals surface area contributed by atoms with Crippen LogP contribution >= 0.6 is 46.1 Å². The highest BCUT2D eigenvalue weighted by Gasteiger charge is 2.72. The number of rotatable bonds is 11. The van der Waals surface area contributed by atoms with E-state index in [4.69, 9.17) is 20.2 Å². The van der Waals surface area contributed by atoms with E-state index in [-0.39, 0.29) is 46.3 Å². The maximum Gasteiger partial charge on any atom is 0.418 e. The van der Waals surface area contributed by atoms with E-state index in [0.29, 0.717) is 36.1 Å². The van der Waals surface area contributed by atoms with Crippen LogP contribution in [0.3, 0.4) is 0 Å². The molecule has 0 aromatic heterocycles. The Morgan fingerprint density at radius 3 is 1.78 bits per heavy atom. The zero-order valence-corrected chi connectivity index (χ0v) is 44.2. The van der Waals surface area contributed by atoms with Crippen LogP contribution in [0.4, 0.5) is 22.4 Å². The van der Waals surface area contributed by atoms with Crippen molar-refractivity contribution in [3.63, 3.8) is 0 Å². The van der Waals surface area contributed by atoms with Gasteiger partial charge >= 0.3 is 6.09 Å². The number of amidine groups is 2. The molecule has 3 amide bonds. The number of hydrogen-bond acceptors (Lipinski definition) is 10. The first-order chi connectivity index (χ1) is 29.9. The van der Waals surface area contributed by atoms with Crippen molar-refractivity contribution >= 4 is 94.6 Å². The molecule has 0 bridgehead atoms. The minimum Gasteiger partial charge on any atom is -0.443 e. The van der Waals surface area contributed by atoms with E-state index in [2.05, 4.69) is 24.6 Å². The van der Waals surface area contributed by atoms with Crippen molar-refractivity contribution in [3.05, 3.63) is 79.9 Å². The van der Waals surface area contributed by atoms with Gasteiger partial charge in [-0.1, -0.05) is 55.3 Å². The molecule has 2 heterocycles. The number of thioether (sulfide) groups is 2. The van der Waals surface area contributed by atoms with Gasteiger partial charge in [-0.3, -0.25) is 19.6 Å². The first-order valence-electron chi connectivity index (χ1n) is 21.2. The first kappa shape index (κ1) is 52.6. The molecule has 2 saturated carbocycles. The maximum atomic E-state index is 15.5. The van der Waals surface area contributed by atoms with Crippen LogP contribution < -0.4 is 5.73 Å². The van der Waals surface area contributed by atoms with Crippen LogP contribution in [0, 0.1) is 23.5 Å². The third-order valence-electron chi connectivity index (χ3n) is 11.7. The van der Waals surface area contributed by atoms with Crippen molar-refractivity contribution in [3.8, 4) is 0 Å². The largest absolute Gasteiger partial charge is 0.443 e. The Kier molecular flexibility index (Phi) is 15.6. The summed E-state index contributed by atoms with van der Waals surface area (Å²) in [4.78, 5) is 53.5. The van der Waals surface area contributed by atoms with E-state index < -0.39 is 61.6 Å². The monoisotopic (exact) mass is 1070 g/mol. The van der Waals surface area contributed by atoms with Crippen LogP contribution in [0.5, 0.6) is 0 Å². The summed E-state index contributed by atoms with van der Waals surface area (Å²) in [5.74, 6) is -2.04. The summed E-state index contributed by atoms with van der Waals surface area (Å²) < 4.78 is 66.6. The molecular weight excluding hydrogens is 1010 g/mol. The number of carbonyl (C=O) groups excluding carboxylic acids is 3. The number of allylic oxidation sites excluding steroid dienone is 1. The van der Waals surface area contributed by atoms with E-state index >= 15 is 4.39 Å². The van der Waals surface area contributed by atoms with E-state index in [0.717, 1.165) is 6.04 Å². The first-order valence-corrected chi connectivity index (χ1v) is 27.6. The van der Waals surface area contributed by atoms with Gasteiger partial charge in [-0.25, -0.2) is 22.9 Å². The van der Waals surface area contributed by atoms with E-state index in [1.54, 1.807) is 97.5 Å². The molecule has 2 aromatic rings. The molecule has 0 radical (unpaired) electrons. The lowest BCUT2D eigenvalue weighted by molar-refractivity contribution is -0.130. The highest BCUT2D eigenvalue weighted by molar-refractivity contribution is 14.1. The second kappa shape index (κ2) is 19.3. The van der Waals surface area contributed by atoms with E-state index in [9.17, 15) is 27.6 Å². The molecule has 2 aliphatic carbocycles. The molecule has 6 rings (SSSR count). The summed E-state index contributed by atoms with van der Waals surface area (Å²) in [5, 5.41) is 0.502. The van der Waals surface area contributed by atoms with Gasteiger partial charge in [-0.05, 0) is 131 Å². The molecule has 11 nitrogen and oxygen atoms in total. The normalized spacial score (nSPS) is 27.2. The minimum absolute atomic E-state index is 0.0404. The van der Waals surface area contributed by atoms with Gasteiger partial charge in [0.15, 0.2) is 14.2 Å². The highest BCUT2D eigenvalue weighted by atomic mass is 127. The summed E-state index contributed by atoms with van der Waals surface area (Å²) in [6.07, 6.45) is 3.00. The number of benzene rings is 2. The Bertz CT molecular complexity index is 2330. The van der Waals surface area contributed by atoms with Gasteiger partial charge < -0.3 is 25.0 Å².